The van der Waals surface area contributed by atoms with Gasteiger partial charge in [0.05, 0.1) is 13.0 Å². The van der Waals surface area contributed by atoms with Crippen LogP contribution in [0.15, 0.2) is 0 Å². The first-order valence-corrected chi connectivity index (χ1v) is 5.75. The summed E-state index contributed by atoms with van der Waals surface area (Å²) in [5.74, 6) is -0.917. The predicted molar refractivity (Wildman–Crippen MR) is 65.9 cm³/mol. The first kappa shape index (κ1) is 15.9. The Kier molecular flexibility index (Phi) is 8.35. The molecular formula is C11H23N3O3. The van der Waals surface area contributed by atoms with E-state index in [0.29, 0.717) is 6.54 Å². The van der Waals surface area contributed by atoms with Gasteiger partial charge in [0.2, 0.25) is 5.91 Å². The van der Waals surface area contributed by atoms with E-state index >= 15 is 0 Å². The van der Waals surface area contributed by atoms with Crippen LogP contribution in [0.25, 0.3) is 0 Å². The number of rotatable bonds is 9. The summed E-state index contributed by atoms with van der Waals surface area (Å²) >= 11 is 0. The molecule has 0 heterocycles. The second kappa shape index (κ2) is 8.95. The highest BCUT2D eigenvalue weighted by atomic mass is 16.4. The molecule has 0 fully saturated rings. The molecule has 0 radical (unpaired) electrons. The molecule has 0 saturated carbocycles. The molecule has 0 atom stereocenters. The molecule has 0 unspecified atom stereocenters. The van der Waals surface area contributed by atoms with Gasteiger partial charge in [0.15, 0.2) is 0 Å². The van der Waals surface area contributed by atoms with Crippen molar-refractivity contribution in [2.24, 2.45) is 0 Å². The number of hydrogen-bond acceptors (Lipinski definition) is 4. The summed E-state index contributed by atoms with van der Waals surface area (Å²) in [6, 6.07) is 0. The van der Waals surface area contributed by atoms with Crippen LogP contribution in [-0.2, 0) is 9.59 Å². The van der Waals surface area contributed by atoms with E-state index in [1.807, 2.05) is 19.0 Å². The maximum atomic E-state index is 11.3. The summed E-state index contributed by atoms with van der Waals surface area (Å²) in [6.07, 6.45) is 0.989. The second-order valence-corrected chi connectivity index (χ2v) is 4.25. The monoisotopic (exact) mass is 245 g/mol. The van der Waals surface area contributed by atoms with Crippen LogP contribution in [0.5, 0.6) is 0 Å². The number of carboxylic acid groups (broad SMARTS) is 1. The first-order chi connectivity index (χ1) is 7.95. The average molecular weight is 245 g/mol. The highest BCUT2D eigenvalue weighted by molar-refractivity contribution is 5.77. The third kappa shape index (κ3) is 9.77. The van der Waals surface area contributed by atoms with Gasteiger partial charge in [0, 0.05) is 13.6 Å². The zero-order valence-corrected chi connectivity index (χ0v) is 10.9. The van der Waals surface area contributed by atoms with Crippen LogP contribution in [-0.4, -0.2) is 74.1 Å². The maximum Gasteiger partial charge on any atom is 0.304 e. The van der Waals surface area contributed by atoms with E-state index < -0.39 is 5.97 Å². The molecule has 6 nitrogen and oxygen atoms in total. The van der Waals surface area contributed by atoms with Gasteiger partial charge in [0.1, 0.15) is 0 Å². The third-order valence-corrected chi connectivity index (χ3v) is 2.37. The zero-order valence-electron chi connectivity index (χ0n) is 10.9. The summed E-state index contributed by atoms with van der Waals surface area (Å²) in [4.78, 5) is 25.7. The molecule has 0 aromatic heterocycles. The van der Waals surface area contributed by atoms with Crippen molar-refractivity contribution in [3.05, 3.63) is 0 Å². The van der Waals surface area contributed by atoms with Crippen molar-refractivity contribution in [2.45, 2.75) is 12.8 Å². The Labute approximate surface area is 103 Å². The molecule has 0 bridgehead atoms. The molecule has 0 aliphatic rings. The molecular weight excluding hydrogens is 222 g/mol. The van der Waals surface area contributed by atoms with E-state index in [1.54, 1.807) is 7.05 Å². The molecule has 6 heteroatoms. The number of amides is 1. The van der Waals surface area contributed by atoms with Crippen LogP contribution >= 0.6 is 0 Å². The molecule has 17 heavy (non-hydrogen) atoms. The smallest absolute Gasteiger partial charge is 0.304 e. The van der Waals surface area contributed by atoms with Crippen molar-refractivity contribution in [3.8, 4) is 0 Å². The van der Waals surface area contributed by atoms with Crippen LogP contribution in [0.4, 0.5) is 0 Å². The fourth-order valence-corrected chi connectivity index (χ4v) is 1.42. The Balaban J connectivity index is 4.00. The molecule has 0 saturated heterocycles. The van der Waals surface area contributed by atoms with E-state index in [-0.39, 0.29) is 18.9 Å². The number of nitrogens with one attached hydrogen (secondary N) is 1. The number of carbonyl (C=O) groups excluding carboxylic acids is 1. The van der Waals surface area contributed by atoms with Crippen molar-refractivity contribution in [1.29, 1.82) is 0 Å². The normalized spacial score (nSPS) is 10.9. The first-order valence-electron chi connectivity index (χ1n) is 5.75. The summed E-state index contributed by atoms with van der Waals surface area (Å²) in [6.45, 7) is 2.34. The minimum absolute atomic E-state index is 0.0684. The van der Waals surface area contributed by atoms with Crippen molar-refractivity contribution in [3.63, 3.8) is 0 Å². The highest BCUT2D eigenvalue weighted by Crippen LogP contribution is 1.95. The number of carbonyl (C=O) groups is 2. The lowest BCUT2D eigenvalue weighted by atomic mass is 10.3. The summed E-state index contributed by atoms with van der Waals surface area (Å²) in [5.41, 5.74) is 0. The predicted octanol–water partition coefficient (Wildman–Crippen LogP) is -0.539. The summed E-state index contributed by atoms with van der Waals surface area (Å²) in [5, 5.41) is 11.2. The number of likely N-dealkylation sites (N-methyl/N-ethyl adjacent to an activating group) is 1. The van der Waals surface area contributed by atoms with E-state index in [4.69, 9.17) is 5.11 Å². The topological polar surface area (TPSA) is 72.9 Å². The van der Waals surface area contributed by atoms with Crippen molar-refractivity contribution < 1.29 is 14.7 Å². The SMILES string of the molecule is CNC(=O)CN(CCCN(C)C)CCC(=O)O. The van der Waals surface area contributed by atoms with Crippen LogP contribution in [0, 0.1) is 0 Å². The average Bonchev–Trinajstić information content (AvgIpc) is 2.24. The lowest BCUT2D eigenvalue weighted by molar-refractivity contribution is -0.137. The van der Waals surface area contributed by atoms with Crippen molar-refractivity contribution in [1.82, 2.24) is 15.1 Å². The number of carboxylic acids is 1. The van der Waals surface area contributed by atoms with Gasteiger partial charge >= 0.3 is 5.97 Å². The molecule has 0 aromatic carbocycles. The largest absolute Gasteiger partial charge is 0.481 e. The Morgan fingerprint density at radius 1 is 1.18 bits per heavy atom. The lowest BCUT2D eigenvalue weighted by Gasteiger charge is -2.21. The molecule has 0 rings (SSSR count). The van der Waals surface area contributed by atoms with E-state index in [9.17, 15) is 9.59 Å². The van der Waals surface area contributed by atoms with E-state index in [1.165, 1.54) is 0 Å². The maximum absolute atomic E-state index is 11.3. The minimum atomic E-state index is -0.834. The molecule has 0 aromatic rings. The van der Waals surface area contributed by atoms with E-state index in [2.05, 4.69) is 10.2 Å². The Hall–Kier alpha value is -1.14. The Morgan fingerprint density at radius 2 is 1.82 bits per heavy atom. The van der Waals surface area contributed by atoms with Crippen molar-refractivity contribution in [2.75, 3.05) is 47.3 Å². The molecule has 0 spiro atoms. The molecule has 0 aliphatic heterocycles. The standard InChI is InChI=1S/C11H23N3O3/c1-12-10(15)9-14(8-5-11(16)17)7-4-6-13(2)3/h4-9H2,1-3H3,(H,12,15)(H,16,17). The van der Waals surface area contributed by atoms with Gasteiger partial charge in [-0.1, -0.05) is 0 Å². The molecule has 100 valence electrons. The van der Waals surface area contributed by atoms with Crippen LogP contribution < -0.4 is 5.32 Å². The summed E-state index contributed by atoms with van der Waals surface area (Å²) < 4.78 is 0. The number of aliphatic carboxylic acids is 1. The third-order valence-electron chi connectivity index (χ3n) is 2.37. The van der Waals surface area contributed by atoms with Crippen LogP contribution in [0.1, 0.15) is 12.8 Å². The van der Waals surface area contributed by atoms with Crippen LogP contribution in [0.3, 0.4) is 0 Å². The second-order valence-electron chi connectivity index (χ2n) is 4.25. The van der Waals surface area contributed by atoms with Crippen molar-refractivity contribution >= 4 is 11.9 Å². The number of nitrogens with zero attached hydrogens (tertiary/aromatic N) is 2. The fraction of sp³-hybridized carbons (Fsp3) is 0.818. The van der Waals surface area contributed by atoms with Gasteiger partial charge in [-0.15, -0.1) is 0 Å². The molecule has 1 amide bonds. The van der Waals surface area contributed by atoms with Gasteiger partial charge in [-0.05, 0) is 33.6 Å². The van der Waals surface area contributed by atoms with Gasteiger partial charge in [-0.25, -0.2) is 0 Å². The lowest BCUT2D eigenvalue weighted by Crippen LogP contribution is -2.38. The minimum Gasteiger partial charge on any atom is -0.481 e. The number of hydrogen-bond donors (Lipinski definition) is 2. The van der Waals surface area contributed by atoms with Gasteiger partial charge in [-0.3, -0.25) is 14.5 Å². The van der Waals surface area contributed by atoms with E-state index in [0.717, 1.165) is 19.5 Å². The molecule has 0 aliphatic carbocycles. The molecule has 2 N–H and O–H groups in total. The Bertz CT molecular complexity index is 244. The highest BCUT2D eigenvalue weighted by Gasteiger charge is 2.11. The fourth-order valence-electron chi connectivity index (χ4n) is 1.42. The summed E-state index contributed by atoms with van der Waals surface area (Å²) in [7, 11) is 5.55. The van der Waals surface area contributed by atoms with Gasteiger partial charge in [-0.2, -0.15) is 0 Å². The zero-order chi connectivity index (χ0) is 13.3. The van der Waals surface area contributed by atoms with Crippen LogP contribution in [0.2, 0.25) is 0 Å². The van der Waals surface area contributed by atoms with Gasteiger partial charge < -0.3 is 15.3 Å². The Morgan fingerprint density at radius 3 is 2.29 bits per heavy atom. The quantitative estimate of drug-likeness (QED) is 0.571. The van der Waals surface area contributed by atoms with Gasteiger partial charge in [0.25, 0.3) is 0 Å².